The molecule has 0 spiro atoms. The molecule has 0 saturated carbocycles. The molecule has 3 aromatic carbocycles. The SMILES string of the molecule is COc1cc(O)ccc1O.COc1cc(O)ccc1O.COc1ccc(O)cc1. The average molecular weight is 404 g/mol. The van der Waals surface area contributed by atoms with Gasteiger partial charge in [0.25, 0.3) is 0 Å². The van der Waals surface area contributed by atoms with Crippen LogP contribution >= 0.6 is 0 Å². The van der Waals surface area contributed by atoms with Crippen molar-refractivity contribution in [2.24, 2.45) is 0 Å². The number of hydrogen-bond acceptors (Lipinski definition) is 8. The van der Waals surface area contributed by atoms with E-state index >= 15 is 0 Å². The Hall–Kier alpha value is -3.94. The van der Waals surface area contributed by atoms with E-state index in [0.29, 0.717) is 0 Å². The smallest absolute Gasteiger partial charge is 0.164 e. The first-order valence-electron chi connectivity index (χ1n) is 8.25. The fourth-order valence-corrected chi connectivity index (χ4v) is 1.91. The molecule has 0 bridgehead atoms. The summed E-state index contributed by atoms with van der Waals surface area (Å²) in [7, 11) is 4.44. The second-order valence-corrected chi connectivity index (χ2v) is 5.41. The van der Waals surface area contributed by atoms with Crippen molar-refractivity contribution < 1.29 is 39.7 Å². The maximum atomic E-state index is 9.00. The number of phenolic OH excluding ortho intramolecular Hbond substituents is 5. The first-order chi connectivity index (χ1) is 13.8. The zero-order valence-electron chi connectivity index (χ0n) is 16.2. The van der Waals surface area contributed by atoms with E-state index in [1.165, 1.54) is 50.6 Å². The van der Waals surface area contributed by atoms with Gasteiger partial charge in [-0.1, -0.05) is 0 Å². The van der Waals surface area contributed by atoms with Gasteiger partial charge in [-0.15, -0.1) is 0 Å². The second-order valence-electron chi connectivity index (χ2n) is 5.41. The summed E-state index contributed by atoms with van der Waals surface area (Å²) in [5.74, 6) is 1.79. The van der Waals surface area contributed by atoms with Gasteiger partial charge in [0.05, 0.1) is 21.3 Å². The molecule has 0 fully saturated rings. The summed E-state index contributed by atoms with van der Waals surface area (Å²) < 4.78 is 14.3. The Morgan fingerprint density at radius 1 is 0.483 bits per heavy atom. The lowest BCUT2D eigenvalue weighted by Gasteiger charge is -2.01. The number of methoxy groups -OCH3 is 3. The molecule has 8 nitrogen and oxygen atoms in total. The highest BCUT2D eigenvalue weighted by Crippen LogP contribution is 2.29. The van der Waals surface area contributed by atoms with Gasteiger partial charge < -0.3 is 39.7 Å². The predicted octanol–water partition coefficient (Wildman–Crippen LogP) is 3.61. The van der Waals surface area contributed by atoms with E-state index in [4.69, 9.17) is 39.7 Å². The third-order valence-corrected chi connectivity index (χ3v) is 3.40. The Balaban J connectivity index is 0.000000218. The third kappa shape index (κ3) is 8.08. The Morgan fingerprint density at radius 2 is 0.862 bits per heavy atom. The maximum Gasteiger partial charge on any atom is 0.164 e. The lowest BCUT2D eigenvalue weighted by molar-refractivity contribution is 0.368. The molecule has 0 atom stereocenters. The molecule has 0 aromatic heterocycles. The van der Waals surface area contributed by atoms with Crippen molar-refractivity contribution in [3.8, 4) is 46.0 Å². The molecular weight excluding hydrogens is 380 g/mol. The normalized spacial score (nSPS) is 9.21. The van der Waals surface area contributed by atoms with Crippen molar-refractivity contribution in [1.29, 1.82) is 0 Å². The molecule has 0 radical (unpaired) electrons. The summed E-state index contributed by atoms with van der Waals surface area (Å²) in [5, 5.41) is 44.5. The van der Waals surface area contributed by atoms with Crippen LogP contribution < -0.4 is 14.2 Å². The average Bonchev–Trinajstić information content (AvgIpc) is 2.73. The lowest BCUT2D eigenvalue weighted by Crippen LogP contribution is -1.81. The standard InChI is InChI=1S/2C7H8O3.C7H8O2/c2*1-10-7-4-5(8)2-3-6(7)9;1-9-7-4-2-6(8)3-5-7/h2*2-4,8-9H,1H3;2-5,8H,1H3. The van der Waals surface area contributed by atoms with E-state index in [1.54, 1.807) is 31.4 Å². The number of ether oxygens (including phenoxy) is 3. The molecular formula is C21H24O8. The zero-order chi connectivity index (χ0) is 21.8. The second kappa shape index (κ2) is 11.7. The van der Waals surface area contributed by atoms with Crippen LogP contribution in [0.15, 0.2) is 60.7 Å². The Bertz CT molecular complexity index is 827. The van der Waals surface area contributed by atoms with Crippen molar-refractivity contribution >= 4 is 0 Å². The van der Waals surface area contributed by atoms with E-state index in [9.17, 15) is 0 Å². The molecule has 0 aliphatic rings. The molecule has 0 amide bonds. The summed E-state index contributed by atoms with van der Waals surface area (Å²) in [6, 6.07) is 14.8. The molecule has 0 saturated heterocycles. The number of phenols is 5. The Labute approximate surface area is 168 Å². The van der Waals surface area contributed by atoms with Gasteiger partial charge in [0.15, 0.2) is 23.0 Å². The summed E-state index contributed by atoms with van der Waals surface area (Å²) in [6.45, 7) is 0. The molecule has 29 heavy (non-hydrogen) atoms. The van der Waals surface area contributed by atoms with Gasteiger partial charge in [-0.2, -0.15) is 0 Å². The summed E-state index contributed by atoms with van der Waals surface area (Å²) >= 11 is 0. The highest BCUT2D eigenvalue weighted by atomic mass is 16.5. The minimum Gasteiger partial charge on any atom is -0.508 e. The number of aromatic hydroxyl groups is 5. The van der Waals surface area contributed by atoms with Crippen LogP contribution in [0.3, 0.4) is 0 Å². The highest BCUT2D eigenvalue weighted by Gasteiger charge is 2.00. The van der Waals surface area contributed by atoms with Crippen molar-refractivity contribution in [1.82, 2.24) is 0 Å². The topological polar surface area (TPSA) is 129 Å². The fraction of sp³-hybridized carbons (Fsp3) is 0.143. The van der Waals surface area contributed by atoms with Crippen LogP contribution in [0.2, 0.25) is 0 Å². The predicted molar refractivity (Wildman–Crippen MR) is 107 cm³/mol. The van der Waals surface area contributed by atoms with Crippen molar-refractivity contribution in [2.45, 2.75) is 0 Å². The summed E-state index contributed by atoms with van der Waals surface area (Å²) in [4.78, 5) is 0. The van der Waals surface area contributed by atoms with Crippen LogP contribution in [0.5, 0.6) is 46.0 Å². The van der Waals surface area contributed by atoms with Gasteiger partial charge in [-0.3, -0.25) is 0 Å². The third-order valence-electron chi connectivity index (χ3n) is 3.40. The van der Waals surface area contributed by atoms with E-state index in [2.05, 4.69) is 0 Å². The highest BCUT2D eigenvalue weighted by molar-refractivity contribution is 5.44. The summed E-state index contributed by atoms with van der Waals surface area (Å²) in [5.41, 5.74) is 0. The van der Waals surface area contributed by atoms with Gasteiger partial charge >= 0.3 is 0 Å². The van der Waals surface area contributed by atoms with E-state index < -0.39 is 0 Å². The number of rotatable bonds is 3. The van der Waals surface area contributed by atoms with Gasteiger partial charge in [0.2, 0.25) is 0 Å². The van der Waals surface area contributed by atoms with Crippen molar-refractivity contribution in [3.63, 3.8) is 0 Å². The van der Waals surface area contributed by atoms with E-state index in [-0.39, 0.29) is 40.2 Å². The Kier molecular flexibility index (Phi) is 9.32. The maximum absolute atomic E-state index is 9.00. The lowest BCUT2D eigenvalue weighted by atomic mass is 10.3. The number of benzene rings is 3. The fourth-order valence-electron chi connectivity index (χ4n) is 1.91. The van der Waals surface area contributed by atoms with Crippen LogP contribution in [0, 0.1) is 0 Å². The molecule has 0 heterocycles. The quantitative estimate of drug-likeness (QED) is 0.419. The molecule has 8 heteroatoms. The van der Waals surface area contributed by atoms with Gasteiger partial charge in [-0.05, 0) is 48.5 Å². The molecule has 0 unspecified atom stereocenters. The zero-order valence-corrected chi connectivity index (χ0v) is 16.2. The van der Waals surface area contributed by atoms with Crippen LogP contribution in [0.25, 0.3) is 0 Å². The first kappa shape index (κ1) is 23.1. The molecule has 3 aromatic rings. The largest absolute Gasteiger partial charge is 0.508 e. The van der Waals surface area contributed by atoms with Crippen LogP contribution in [-0.4, -0.2) is 46.9 Å². The molecule has 0 aliphatic carbocycles. The van der Waals surface area contributed by atoms with E-state index in [1.807, 2.05) is 0 Å². The van der Waals surface area contributed by atoms with Crippen molar-refractivity contribution in [3.05, 3.63) is 60.7 Å². The minimum atomic E-state index is 0.0281. The van der Waals surface area contributed by atoms with Crippen LogP contribution in [0.1, 0.15) is 0 Å². The first-order valence-corrected chi connectivity index (χ1v) is 8.25. The van der Waals surface area contributed by atoms with Crippen LogP contribution in [0.4, 0.5) is 0 Å². The summed E-state index contributed by atoms with van der Waals surface area (Å²) in [6.07, 6.45) is 0. The number of hydrogen-bond donors (Lipinski definition) is 5. The monoisotopic (exact) mass is 404 g/mol. The van der Waals surface area contributed by atoms with Gasteiger partial charge in [0, 0.05) is 12.1 Å². The molecule has 156 valence electrons. The Morgan fingerprint density at radius 3 is 1.17 bits per heavy atom. The van der Waals surface area contributed by atoms with Crippen LogP contribution in [-0.2, 0) is 0 Å². The van der Waals surface area contributed by atoms with Gasteiger partial charge in [0.1, 0.15) is 23.0 Å². The van der Waals surface area contributed by atoms with Gasteiger partial charge in [-0.25, -0.2) is 0 Å². The van der Waals surface area contributed by atoms with Crippen molar-refractivity contribution in [2.75, 3.05) is 21.3 Å². The molecule has 0 aliphatic heterocycles. The minimum absolute atomic E-state index is 0.0281. The van der Waals surface area contributed by atoms with E-state index in [0.717, 1.165) is 5.75 Å². The molecule has 3 rings (SSSR count). The molecule has 5 N–H and O–H groups in total.